The maximum atomic E-state index is 12.4. The van der Waals surface area contributed by atoms with Crippen LogP contribution in [0.25, 0.3) is 5.57 Å². The topological polar surface area (TPSA) is 46.4 Å². The van der Waals surface area contributed by atoms with Gasteiger partial charge in [0.05, 0.1) is 12.4 Å². The van der Waals surface area contributed by atoms with Gasteiger partial charge in [-0.15, -0.1) is 0 Å². The second-order valence-corrected chi connectivity index (χ2v) is 16.8. The molecule has 2 fully saturated rings. The number of carbonyl (C=O) groups is 1. The van der Waals surface area contributed by atoms with Gasteiger partial charge >= 0.3 is 0 Å². The monoisotopic (exact) mass is 508 g/mol. The minimum absolute atomic E-state index is 0.100. The Morgan fingerprint density at radius 1 is 0.973 bits per heavy atom. The number of hydrogen-bond acceptors (Lipinski definition) is 3. The van der Waals surface area contributed by atoms with Crippen molar-refractivity contribution in [3.8, 4) is 0 Å². The van der Waals surface area contributed by atoms with E-state index in [-0.39, 0.29) is 11.0 Å². The van der Waals surface area contributed by atoms with Gasteiger partial charge in [0.1, 0.15) is 21.2 Å². The third-order valence-electron chi connectivity index (χ3n) is 8.71. The fourth-order valence-electron chi connectivity index (χ4n) is 6.05. The first-order valence-corrected chi connectivity index (χ1v) is 16.6. The van der Waals surface area contributed by atoms with Crippen LogP contribution >= 0.6 is 0 Å². The van der Waals surface area contributed by atoms with Crippen LogP contribution < -0.4 is 15.2 Å². The fourth-order valence-corrected chi connectivity index (χ4v) is 9.12. The first kappa shape index (κ1) is 24.2. The van der Waals surface area contributed by atoms with Crippen molar-refractivity contribution in [2.45, 2.75) is 52.1 Å². The lowest BCUT2D eigenvalue weighted by atomic mass is 9.81. The summed E-state index contributed by atoms with van der Waals surface area (Å²) in [6.07, 6.45) is 9.38. The average molecular weight is 509 g/mol. The smallest absolute Gasteiger partial charge is 0.199 e. The number of carboxylic acid groups (broad SMARTS) is 1. The Bertz CT molecular complexity index is 1460. The van der Waals surface area contributed by atoms with Gasteiger partial charge in [-0.1, -0.05) is 52.1 Å². The number of rotatable bonds is 3. The van der Waals surface area contributed by atoms with Crippen molar-refractivity contribution in [1.82, 2.24) is 0 Å². The molecule has 2 saturated heterocycles. The quantitative estimate of drug-likeness (QED) is 0.462. The zero-order chi connectivity index (χ0) is 26.1. The van der Waals surface area contributed by atoms with E-state index in [1.165, 1.54) is 45.8 Å². The molecule has 0 amide bonds. The number of allylic oxidation sites excluding steroid dienone is 5. The van der Waals surface area contributed by atoms with Crippen LogP contribution in [-0.4, -0.2) is 50.5 Å². The van der Waals surface area contributed by atoms with Gasteiger partial charge in [0.2, 0.25) is 0 Å². The highest BCUT2D eigenvalue weighted by molar-refractivity contribution is 6.98. The van der Waals surface area contributed by atoms with Crippen molar-refractivity contribution in [1.29, 1.82) is 0 Å². The first-order valence-electron chi connectivity index (χ1n) is 13.6. The summed E-state index contributed by atoms with van der Waals surface area (Å²) in [6.45, 7) is 15.8. The Labute approximate surface area is 221 Å². The summed E-state index contributed by atoms with van der Waals surface area (Å²) in [6, 6.07) is 12.7. The van der Waals surface area contributed by atoms with Crippen molar-refractivity contribution in [2.24, 2.45) is 0 Å². The lowest BCUT2D eigenvalue weighted by molar-refractivity contribution is -0.582. The molecule has 0 bridgehead atoms. The molecule has 0 saturated carbocycles. The maximum absolute atomic E-state index is 12.4. The molecule has 5 heteroatoms. The second-order valence-electron chi connectivity index (χ2n) is 12.4. The zero-order valence-corrected chi connectivity index (χ0v) is 23.6. The van der Waals surface area contributed by atoms with Gasteiger partial charge in [0.25, 0.3) is 0 Å². The number of hydrogen-bond donors (Lipinski definition) is 0. The SMILES string of the molecule is CC(C)(C)c1ccc(C(=O)[O-])c(C2=C3C=CC(=[N+]4CCC4)C=C3[Si](C)(C)c3cc(N4CCC4)ccc32)c1. The van der Waals surface area contributed by atoms with Crippen molar-refractivity contribution in [3.05, 3.63) is 87.6 Å². The predicted octanol–water partition coefficient (Wildman–Crippen LogP) is 4.18. The van der Waals surface area contributed by atoms with Crippen LogP contribution in [0, 0.1) is 0 Å². The largest absolute Gasteiger partial charge is 0.545 e. The van der Waals surface area contributed by atoms with E-state index in [0.717, 1.165) is 42.9 Å². The highest BCUT2D eigenvalue weighted by Crippen LogP contribution is 2.43. The van der Waals surface area contributed by atoms with E-state index in [1.807, 2.05) is 6.07 Å². The number of fused-ring (bicyclic) bond motifs is 2. The van der Waals surface area contributed by atoms with Gasteiger partial charge in [-0.3, -0.25) is 0 Å². The zero-order valence-electron chi connectivity index (χ0n) is 22.6. The molecule has 0 spiro atoms. The van der Waals surface area contributed by atoms with Crippen LogP contribution in [-0.2, 0) is 5.41 Å². The van der Waals surface area contributed by atoms with E-state index in [0.29, 0.717) is 0 Å². The molecule has 3 aliphatic heterocycles. The van der Waals surface area contributed by atoms with Gasteiger partial charge in [-0.05, 0) is 74.3 Å². The van der Waals surface area contributed by atoms with E-state index in [2.05, 4.69) is 85.8 Å². The number of anilines is 1. The van der Waals surface area contributed by atoms with Crippen LogP contribution in [0.15, 0.2) is 65.4 Å². The van der Waals surface area contributed by atoms with E-state index in [1.54, 1.807) is 6.07 Å². The average Bonchev–Trinajstić information content (AvgIpc) is 2.77. The molecular formula is C32H36N2O2Si. The number of aromatic carboxylic acids is 1. The number of carbonyl (C=O) groups excluding carboxylic acids is 1. The molecule has 190 valence electrons. The van der Waals surface area contributed by atoms with Crippen LogP contribution in [0.2, 0.25) is 13.1 Å². The summed E-state index contributed by atoms with van der Waals surface area (Å²) in [5, 5.41) is 15.2. The number of nitrogens with zero attached hydrogens (tertiary/aromatic N) is 2. The maximum Gasteiger partial charge on any atom is 0.199 e. The molecule has 2 aromatic carbocycles. The highest BCUT2D eigenvalue weighted by atomic mass is 28.3. The Morgan fingerprint density at radius 2 is 1.73 bits per heavy atom. The van der Waals surface area contributed by atoms with Gasteiger partial charge in [0.15, 0.2) is 5.71 Å². The molecule has 4 nitrogen and oxygen atoms in total. The molecule has 0 radical (unpaired) electrons. The van der Waals surface area contributed by atoms with Crippen LogP contribution in [0.1, 0.15) is 60.7 Å². The first-order chi connectivity index (χ1) is 17.6. The minimum Gasteiger partial charge on any atom is -0.545 e. The van der Waals surface area contributed by atoms with Gasteiger partial charge in [0, 0.05) is 36.5 Å². The van der Waals surface area contributed by atoms with Crippen LogP contribution in [0.4, 0.5) is 5.69 Å². The van der Waals surface area contributed by atoms with E-state index >= 15 is 0 Å². The van der Waals surface area contributed by atoms with E-state index in [9.17, 15) is 9.90 Å². The Hall–Kier alpha value is -3.18. The lowest BCUT2D eigenvalue weighted by Gasteiger charge is -2.40. The van der Waals surface area contributed by atoms with Gasteiger partial charge in [-0.2, -0.15) is 0 Å². The van der Waals surface area contributed by atoms with Crippen molar-refractivity contribution < 1.29 is 14.5 Å². The Balaban J connectivity index is 1.66. The molecule has 6 rings (SSSR count). The summed E-state index contributed by atoms with van der Waals surface area (Å²) in [7, 11) is -2.07. The molecule has 2 aromatic rings. The molecule has 0 atom stereocenters. The molecule has 3 heterocycles. The van der Waals surface area contributed by atoms with Crippen molar-refractivity contribution in [3.63, 3.8) is 0 Å². The molecule has 1 aliphatic carbocycles. The normalized spacial score (nSPS) is 20.1. The molecule has 0 aromatic heterocycles. The predicted molar refractivity (Wildman–Crippen MR) is 153 cm³/mol. The summed E-state index contributed by atoms with van der Waals surface area (Å²) in [5.74, 6) is -1.12. The second kappa shape index (κ2) is 8.42. The standard InChI is InChI=1S/C32H36N2O2Si/c1-32(2,3)21-8-11-24(31(35)36)27(18-21)30-25-12-9-22(33-14-6-15-33)19-28(25)37(4,5)29-20-23(10-13-26(29)30)34-16-7-17-34/h8-13,18-20H,6-7,14-17H2,1-5H3. The molecule has 0 unspecified atom stereocenters. The Kier molecular flexibility index (Phi) is 5.50. The number of benzene rings is 2. The molecule has 37 heavy (non-hydrogen) atoms. The summed E-state index contributed by atoms with van der Waals surface area (Å²) < 4.78 is 2.45. The summed E-state index contributed by atoms with van der Waals surface area (Å²) in [4.78, 5) is 14.9. The van der Waals surface area contributed by atoms with Crippen molar-refractivity contribution in [2.75, 3.05) is 31.1 Å². The van der Waals surface area contributed by atoms with Crippen LogP contribution in [0.3, 0.4) is 0 Å². The van der Waals surface area contributed by atoms with Crippen molar-refractivity contribution >= 4 is 36.2 Å². The van der Waals surface area contributed by atoms with Gasteiger partial charge < -0.3 is 14.8 Å². The van der Waals surface area contributed by atoms with E-state index in [4.69, 9.17) is 0 Å². The van der Waals surface area contributed by atoms with Crippen LogP contribution in [0.5, 0.6) is 0 Å². The third-order valence-corrected chi connectivity index (χ3v) is 12.2. The summed E-state index contributed by atoms with van der Waals surface area (Å²) in [5.41, 5.74) is 8.03. The summed E-state index contributed by atoms with van der Waals surface area (Å²) >= 11 is 0. The molecule has 4 aliphatic rings. The lowest BCUT2D eigenvalue weighted by Crippen LogP contribution is -2.50. The fraction of sp³-hybridized carbons (Fsp3) is 0.375. The van der Waals surface area contributed by atoms with Gasteiger partial charge in [-0.25, -0.2) is 4.58 Å². The van der Waals surface area contributed by atoms with E-state index < -0.39 is 14.0 Å². The molecule has 0 N–H and O–H groups in total. The molecular weight excluding hydrogens is 472 g/mol. The third kappa shape index (κ3) is 3.86. The minimum atomic E-state index is -2.07. The number of carboxylic acids is 1. The highest BCUT2D eigenvalue weighted by Gasteiger charge is 2.41. The Morgan fingerprint density at radius 3 is 2.32 bits per heavy atom.